The zero-order valence-electron chi connectivity index (χ0n) is 22.7. The molecule has 0 aliphatic carbocycles. The van der Waals surface area contributed by atoms with Crippen molar-refractivity contribution in [3.8, 4) is 0 Å². The van der Waals surface area contributed by atoms with E-state index in [4.69, 9.17) is 9.47 Å². The Morgan fingerprint density at radius 3 is 1.46 bits per heavy atom. The number of quaternary nitrogens is 2. The smallest absolute Gasteiger partial charge is 0.330 e. The van der Waals surface area contributed by atoms with E-state index in [1.54, 1.807) is 13.0 Å². The molecule has 0 unspecified atom stereocenters. The van der Waals surface area contributed by atoms with Gasteiger partial charge >= 0.3 is 11.9 Å². The highest BCUT2D eigenvalue weighted by molar-refractivity contribution is 5.81. The predicted octanol–water partition coefficient (Wildman–Crippen LogP) is -1.62. The van der Waals surface area contributed by atoms with Crippen molar-refractivity contribution in [2.45, 2.75) is 20.0 Å². The lowest BCUT2D eigenvalue weighted by molar-refractivity contribution is -0.903. The van der Waals surface area contributed by atoms with Gasteiger partial charge in [0.15, 0.2) is 0 Å². The number of carbonyl (C=O) groups excluding carboxylic acids is 2. The minimum Gasteiger partial charge on any atom is -1.00 e. The van der Waals surface area contributed by atoms with Crippen LogP contribution in [-0.4, -0.2) is 75.4 Å². The molecule has 37 heavy (non-hydrogen) atoms. The number of ether oxygens (including phenoxy) is 2. The average Bonchev–Trinajstić information content (AvgIpc) is 2.80. The first kappa shape index (κ1) is 36.5. The number of nitrogens with zero attached hydrogens (tertiary/aromatic N) is 2. The normalized spacial score (nSPS) is 10.7. The van der Waals surface area contributed by atoms with Crippen LogP contribution in [0.2, 0.25) is 0 Å². The zero-order valence-corrected chi connectivity index (χ0v) is 24.3. The Balaban J connectivity index is 0. The summed E-state index contributed by atoms with van der Waals surface area (Å²) >= 11 is 0. The van der Waals surface area contributed by atoms with Crippen molar-refractivity contribution in [1.82, 2.24) is 0 Å². The van der Waals surface area contributed by atoms with Gasteiger partial charge in [-0.05, 0) is 6.92 Å². The van der Waals surface area contributed by atoms with Crippen molar-refractivity contribution in [3.05, 3.63) is 96.6 Å². The van der Waals surface area contributed by atoms with Crippen molar-refractivity contribution in [2.24, 2.45) is 0 Å². The van der Waals surface area contributed by atoms with Gasteiger partial charge in [0.1, 0.15) is 39.4 Å². The molecule has 2 rings (SSSR count). The molecule has 0 N–H and O–H groups in total. The summed E-state index contributed by atoms with van der Waals surface area (Å²) < 4.78 is 11.7. The van der Waals surface area contributed by atoms with E-state index in [0.29, 0.717) is 13.2 Å². The van der Waals surface area contributed by atoms with Crippen LogP contribution in [0.15, 0.2) is 85.5 Å². The Bertz CT molecular complexity index is 933. The van der Waals surface area contributed by atoms with Crippen LogP contribution in [0.1, 0.15) is 18.1 Å². The molecule has 0 heterocycles. The second kappa shape index (κ2) is 19.5. The van der Waals surface area contributed by atoms with Crippen molar-refractivity contribution in [2.75, 3.05) is 54.5 Å². The molecule has 206 valence electrons. The fourth-order valence-electron chi connectivity index (χ4n) is 3.34. The molecule has 2 aromatic carbocycles. The van der Waals surface area contributed by atoms with Gasteiger partial charge in [-0.1, -0.05) is 73.3 Å². The third-order valence-electron chi connectivity index (χ3n) is 5.26. The molecule has 0 aromatic heterocycles. The Kier molecular flexibility index (Phi) is 19.2. The second-order valence-electron chi connectivity index (χ2n) is 9.65. The molecule has 0 radical (unpaired) electrons. The van der Waals surface area contributed by atoms with Gasteiger partial charge in [0.2, 0.25) is 0 Å². The average molecular weight is 554 g/mol. The Morgan fingerprint density at radius 1 is 0.730 bits per heavy atom. The number of rotatable bonds is 12. The van der Waals surface area contributed by atoms with E-state index >= 15 is 0 Å². The molecule has 0 fully saturated rings. The van der Waals surface area contributed by atoms with Gasteiger partial charge in [-0.15, -0.1) is 0 Å². The van der Waals surface area contributed by atoms with Gasteiger partial charge in [0.25, 0.3) is 0 Å². The third kappa shape index (κ3) is 18.3. The van der Waals surface area contributed by atoms with E-state index in [0.717, 1.165) is 35.1 Å². The highest BCUT2D eigenvalue weighted by Crippen LogP contribution is 2.09. The highest BCUT2D eigenvalue weighted by atomic mass is 35.5. The molecule has 2 aromatic rings. The molecule has 0 bridgehead atoms. The van der Waals surface area contributed by atoms with Crippen molar-refractivity contribution in [3.63, 3.8) is 0 Å². The van der Waals surface area contributed by atoms with Gasteiger partial charge in [0.05, 0.1) is 28.2 Å². The molecule has 8 heteroatoms. The minimum atomic E-state index is -0.357. The lowest BCUT2D eigenvalue weighted by Gasteiger charge is -2.29. The van der Waals surface area contributed by atoms with Gasteiger partial charge in [-0.25, -0.2) is 9.59 Å². The molecule has 0 spiro atoms. The Morgan fingerprint density at radius 2 is 1.11 bits per heavy atom. The SMILES string of the molecule is C=CC(=O)OCC[N+](C)(C)Cc1ccccc1.CC=CC(=O)OCC[N+](C)(C)Cc1ccccc1.[Cl-].[Cl-]. The quantitative estimate of drug-likeness (QED) is 0.180. The lowest BCUT2D eigenvalue weighted by atomic mass is 10.2. The molecule has 0 saturated heterocycles. The van der Waals surface area contributed by atoms with Crippen LogP contribution in [0, 0.1) is 0 Å². The molecular formula is C29H42Cl2N2O4. The summed E-state index contributed by atoms with van der Waals surface area (Å²) in [4.78, 5) is 22.1. The van der Waals surface area contributed by atoms with E-state index in [1.807, 2.05) is 36.4 Å². The number of hydrogen-bond donors (Lipinski definition) is 0. The number of hydrogen-bond acceptors (Lipinski definition) is 4. The molecule has 0 saturated carbocycles. The van der Waals surface area contributed by atoms with E-state index < -0.39 is 0 Å². The van der Waals surface area contributed by atoms with E-state index in [-0.39, 0.29) is 36.8 Å². The fourth-order valence-corrected chi connectivity index (χ4v) is 3.34. The fraction of sp³-hybridized carbons (Fsp3) is 0.379. The summed E-state index contributed by atoms with van der Waals surface area (Å²) in [5.74, 6) is -0.623. The number of esters is 2. The molecule has 0 aliphatic heterocycles. The number of benzene rings is 2. The van der Waals surface area contributed by atoms with Gasteiger partial charge < -0.3 is 43.3 Å². The molecule has 6 nitrogen and oxygen atoms in total. The van der Waals surface area contributed by atoms with Crippen molar-refractivity contribution in [1.29, 1.82) is 0 Å². The van der Waals surface area contributed by atoms with E-state index in [9.17, 15) is 9.59 Å². The summed E-state index contributed by atoms with van der Waals surface area (Å²) in [6, 6.07) is 20.6. The van der Waals surface area contributed by atoms with Crippen LogP contribution in [0.4, 0.5) is 0 Å². The van der Waals surface area contributed by atoms with Crippen molar-refractivity contribution < 1.29 is 52.8 Å². The number of likely N-dealkylation sites (N-methyl/N-ethyl adjacent to an activating group) is 2. The maximum atomic E-state index is 11.2. The summed E-state index contributed by atoms with van der Waals surface area (Å²) in [6.07, 6.45) is 4.32. The molecule has 0 atom stereocenters. The number of allylic oxidation sites excluding steroid dienone is 1. The van der Waals surface area contributed by atoms with Crippen LogP contribution >= 0.6 is 0 Å². The largest absolute Gasteiger partial charge is 1.00 e. The third-order valence-corrected chi connectivity index (χ3v) is 5.26. The highest BCUT2D eigenvalue weighted by Gasteiger charge is 2.17. The van der Waals surface area contributed by atoms with Crippen LogP contribution in [0.3, 0.4) is 0 Å². The summed E-state index contributed by atoms with van der Waals surface area (Å²) in [5, 5.41) is 0. The predicted molar refractivity (Wildman–Crippen MR) is 141 cm³/mol. The Hall–Kier alpha value is -2.64. The van der Waals surface area contributed by atoms with Crippen LogP contribution in [-0.2, 0) is 32.2 Å². The van der Waals surface area contributed by atoms with E-state index in [1.165, 1.54) is 23.3 Å². The summed E-state index contributed by atoms with van der Waals surface area (Å²) in [6.45, 7) is 9.48. The Labute approximate surface area is 235 Å². The zero-order chi connectivity index (χ0) is 26.2. The first-order valence-corrected chi connectivity index (χ1v) is 11.9. The van der Waals surface area contributed by atoms with Crippen LogP contribution in [0.25, 0.3) is 0 Å². The summed E-state index contributed by atoms with van der Waals surface area (Å²) in [5.41, 5.74) is 2.58. The molecular weight excluding hydrogens is 511 g/mol. The van der Waals surface area contributed by atoms with E-state index in [2.05, 4.69) is 59.0 Å². The van der Waals surface area contributed by atoms with Gasteiger partial charge in [0, 0.05) is 23.3 Å². The molecule has 0 aliphatic rings. The first-order valence-electron chi connectivity index (χ1n) is 11.9. The van der Waals surface area contributed by atoms with Crippen LogP contribution < -0.4 is 24.8 Å². The maximum absolute atomic E-state index is 11.2. The van der Waals surface area contributed by atoms with Gasteiger partial charge in [-0.2, -0.15) is 0 Å². The topological polar surface area (TPSA) is 52.6 Å². The van der Waals surface area contributed by atoms with Crippen molar-refractivity contribution >= 4 is 11.9 Å². The number of halogens is 2. The minimum absolute atomic E-state index is 0. The lowest BCUT2D eigenvalue weighted by Crippen LogP contribution is -3.00. The van der Waals surface area contributed by atoms with Gasteiger partial charge in [-0.3, -0.25) is 0 Å². The second-order valence-corrected chi connectivity index (χ2v) is 9.65. The first-order chi connectivity index (χ1) is 16.6. The summed E-state index contributed by atoms with van der Waals surface area (Å²) in [7, 11) is 8.51. The monoisotopic (exact) mass is 552 g/mol. The molecule has 0 amide bonds. The maximum Gasteiger partial charge on any atom is 0.330 e. The van der Waals surface area contributed by atoms with Crippen LogP contribution in [0.5, 0.6) is 0 Å². The standard InChI is InChI=1S/C15H22NO2.C14H20NO2.2ClH/c1-4-8-15(17)18-12-11-16(2,3)13-14-9-6-5-7-10-14;1-4-14(16)17-11-10-15(2,3)12-13-8-6-5-7-9-13;;/h4-10H,11-13H2,1-3H3;4-9H,1,10-12H2,2-3H3;2*1H/q2*+1;;/p-2. The number of carbonyl (C=O) groups is 2.